The van der Waals surface area contributed by atoms with Gasteiger partial charge < -0.3 is 9.84 Å². The SMILES string of the molecule is CC(C)CCC[C@@H](C)[C@H]1CC[C@H]2[C@@H]3CC=C4C[C@@H](O)CC[C@]4(C)[C@H]3CC[C@]12C.COC. The van der Waals surface area contributed by atoms with Gasteiger partial charge in [-0.1, -0.05) is 65.5 Å². The van der Waals surface area contributed by atoms with Crippen LogP contribution in [0.4, 0.5) is 0 Å². The maximum absolute atomic E-state index is 10.2. The van der Waals surface area contributed by atoms with Crippen LogP contribution < -0.4 is 0 Å². The van der Waals surface area contributed by atoms with E-state index in [1.807, 2.05) is 0 Å². The Hall–Kier alpha value is -0.340. The van der Waals surface area contributed by atoms with Crippen LogP contribution >= 0.6 is 0 Å². The van der Waals surface area contributed by atoms with Crippen LogP contribution in [0.3, 0.4) is 0 Å². The van der Waals surface area contributed by atoms with Gasteiger partial charge in [0.2, 0.25) is 0 Å². The summed E-state index contributed by atoms with van der Waals surface area (Å²) in [5, 5.41) is 10.2. The largest absolute Gasteiger partial charge is 0.393 e. The van der Waals surface area contributed by atoms with Crippen LogP contribution in [0, 0.1) is 46.3 Å². The number of aliphatic hydroxyl groups is 1. The van der Waals surface area contributed by atoms with Gasteiger partial charge in [-0.25, -0.2) is 0 Å². The fourth-order valence-electron chi connectivity index (χ4n) is 8.67. The second kappa shape index (κ2) is 10.3. The zero-order valence-electron chi connectivity index (χ0n) is 21.8. The lowest BCUT2D eigenvalue weighted by molar-refractivity contribution is -0.0573. The molecule has 3 saturated carbocycles. The molecule has 0 saturated heterocycles. The van der Waals surface area contributed by atoms with Crippen molar-refractivity contribution in [2.75, 3.05) is 14.2 Å². The molecule has 0 spiro atoms. The number of hydrogen-bond donors (Lipinski definition) is 1. The predicted octanol–water partition coefficient (Wildman–Crippen LogP) is 7.65. The van der Waals surface area contributed by atoms with E-state index in [2.05, 4.69) is 45.4 Å². The van der Waals surface area contributed by atoms with Crippen LogP contribution in [0.15, 0.2) is 11.6 Å². The van der Waals surface area contributed by atoms with Gasteiger partial charge in [0, 0.05) is 14.2 Å². The predicted molar refractivity (Wildman–Crippen MR) is 132 cm³/mol. The van der Waals surface area contributed by atoms with Gasteiger partial charge in [0.25, 0.3) is 0 Å². The highest BCUT2D eigenvalue weighted by molar-refractivity contribution is 5.25. The van der Waals surface area contributed by atoms with E-state index >= 15 is 0 Å². The van der Waals surface area contributed by atoms with Gasteiger partial charge in [-0.3, -0.25) is 0 Å². The Morgan fingerprint density at radius 3 is 2.39 bits per heavy atom. The van der Waals surface area contributed by atoms with E-state index in [1.165, 1.54) is 57.8 Å². The van der Waals surface area contributed by atoms with Crippen LogP contribution in [0.25, 0.3) is 0 Å². The molecule has 0 radical (unpaired) electrons. The number of methoxy groups -OCH3 is 1. The Morgan fingerprint density at radius 2 is 1.71 bits per heavy atom. The molecule has 4 rings (SSSR count). The molecule has 4 aliphatic rings. The van der Waals surface area contributed by atoms with Crippen LogP contribution in [-0.4, -0.2) is 25.4 Å². The van der Waals surface area contributed by atoms with Crippen LogP contribution in [0.2, 0.25) is 0 Å². The van der Waals surface area contributed by atoms with E-state index in [4.69, 9.17) is 0 Å². The van der Waals surface area contributed by atoms with Crippen molar-refractivity contribution in [1.82, 2.24) is 0 Å². The highest BCUT2D eigenvalue weighted by atomic mass is 16.4. The lowest BCUT2D eigenvalue weighted by atomic mass is 9.47. The Balaban J connectivity index is 0.000000858. The molecule has 0 aromatic rings. The summed E-state index contributed by atoms with van der Waals surface area (Å²) in [6, 6.07) is 0. The summed E-state index contributed by atoms with van der Waals surface area (Å²) in [5.74, 6) is 5.46. The van der Waals surface area contributed by atoms with E-state index in [0.29, 0.717) is 10.8 Å². The number of aliphatic hydroxyl groups excluding tert-OH is 1. The number of ether oxygens (including phenoxy) is 1. The minimum Gasteiger partial charge on any atom is -0.393 e. The molecule has 0 amide bonds. The summed E-state index contributed by atoms with van der Waals surface area (Å²) in [4.78, 5) is 0. The van der Waals surface area contributed by atoms with Gasteiger partial charge >= 0.3 is 0 Å². The average molecular weight is 433 g/mol. The summed E-state index contributed by atoms with van der Waals surface area (Å²) >= 11 is 0. The molecule has 2 heteroatoms. The van der Waals surface area contributed by atoms with E-state index in [9.17, 15) is 5.11 Å². The zero-order valence-corrected chi connectivity index (χ0v) is 21.8. The first kappa shape index (κ1) is 25.3. The first-order valence-corrected chi connectivity index (χ1v) is 13.4. The minimum atomic E-state index is -0.0766. The fraction of sp³-hybridized carbons (Fsp3) is 0.931. The maximum atomic E-state index is 10.2. The van der Waals surface area contributed by atoms with Gasteiger partial charge in [0.1, 0.15) is 0 Å². The molecular formula is C29H52O2. The monoisotopic (exact) mass is 432 g/mol. The quantitative estimate of drug-likeness (QED) is 0.452. The van der Waals surface area contributed by atoms with Crippen molar-refractivity contribution < 1.29 is 9.84 Å². The van der Waals surface area contributed by atoms with Gasteiger partial charge in [-0.15, -0.1) is 0 Å². The number of allylic oxidation sites excluding steroid dienone is 1. The first-order chi connectivity index (χ1) is 14.7. The van der Waals surface area contributed by atoms with E-state index < -0.39 is 0 Å². The molecule has 8 atom stereocenters. The Morgan fingerprint density at radius 1 is 1.00 bits per heavy atom. The van der Waals surface area contributed by atoms with Crippen molar-refractivity contribution in [3.63, 3.8) is 0 Å². The minimum absolute atomic E-state index is 0.0766. The summed E-state index contributed by atoms with van der Waals surface area (Å²) in [6.45, 7) is 12.6. The van der Waals surface area contributed by atoms with Crippen LogP contribution in [0.5, 0.6) is 0 Å². The van der Waals surface area contributed by atoms with Crippen LogP contribution in [0.1, 0.15) is 105 Å². The van der Waals surface area contributed by atoms with Crippen molar-refractivity contribution in [1.29, 1.82) is 0 Å². The van der Waals surface area contributed by atoms with Crippen molar-refractivity contribution in [2.45, 2.75) is 111 Å². The number of hydrogen-bond acceptors (Lipinski definition) is 2. The Kier molecular flexibility index (Phi) is 8.39. The summed E-state index contributed by atoms with van der Waals surface area (Å²) in [5.41, 5.74) is 2.60. The molecule has 0 heterocycles. The first-order valence-electron chi connectivity index (χ1n) is 13.4. The highest BCUT2D eigenvalue weighted by Crippen LogP contribution is 2.67. The van der Waals surface area contributed by atoms with Crippen molar-refractivity contribution in [2.24, 2.45) is 46.3 Å². The van der Waals surface area contributed by atoms with Crippen LogP contribution in [-0.2, 0) is 4.74 Å². The Labute approximate surface area is 193 Å². The normalized spacial score (nSPS) is 42.6. The summed E-state index contributed by atoms with van der Waals surface area (Å²) in [6.07, 6.45) is 17.2. The molecule has 180 valence electrons. The zero-order chi connectivity index (χ0) is 22.8. The third kappa shape index (κ3) is 4.96. The van der Waals surface area contributed by atoms with Gasteiger partial charge in [-0.05, 0) is 97.7 Å². The number of rotatable bonds is 5. The molecule has 31 heavy (non-hydrogen) atoms. The van der Waals surface area contributed by atoms with Gasteiger partial charge in [0.15, 0.2) is 0 Å². The van der Waals surface area contributed by atoms with E-state index in [0.717, 1.165) is 48.3 Å². The third-order valence-electron chi connectivity index (χ3n) is 10.3. The van der Waals surface area contributed by atoms with Crippen molar-refractivity contribution in [3.05, 3.63) is 11.6 Å². The molecule has 3 fully saturated rings. The van der Waals surface area contributed by atoms with Gasteiger partial charge in [-0.2, -0.15) is 0 Å². The van der Waals surface area contributed by atoms with E-state index in [-0.39, 0.29) is 6.10 Å². The molecule has 0 bridgehead atoms. The highest BCUT2D eigenvalue weighted by Gasteiger charge is 2.59. The fourth-order valence-corrected chi connectivity index (χ4v) is 8.67. The lowest BCUT2D eigenvalue weighted by Crippen LogP contribution is -2.50. The lowest BCUT2D eigenvalue weighted by Gasteiger charge is -2.58. The second-order valence-electron chi connectivity index (χ2n) is 12.6. The van der Waals surface area contributed by atoms with Crippen molar-refractivity contribution in [3.8, 4) is 0 Å². The smallest absolute Gasteiger partial charge is 0.0577 e. The topological polar surface area (TPSA) is 29.5 Å². The molecule has 0 aromatic carbocycles. The van der Waals surface area contributed by atoms with E-state index in [1.54, 1.807) is 19.8 Å². The molecule has 1 N–H and O–H groups in total. The van der Waals surface area contributed by atoms with Crippen molar-refractivity contribution >= 4 is 0 Å². The van der Waals surface area contributed by atoms with Gasteiger partial charge in [0.05, 0.1) is 6.10 Å². The molecule has 0 unspecified atom stereocenters. The third-order valence-corrected chi connectivity index (χ3v) is 10.3. The molecular weight excluding hydrogens is 380 g/mol. The average Bonchev–Trinajstić information content (AvgIpc) is 3.06. The molecule has 0 aromatic heterocycles. The second-order valence-corrected chi connectivity index (χ2v) is 12.6. The number of fused-ring (bicyclic) bond motifs is 5. The standard InChI is InChI=1S/C27H46O.C2H6O/c1-18(2)7-6-8-19(3)23-11-12-24-22-10-9-20-17-21(28)13-15-26(20,4)25(22)14-16-27(23,24)5;1-3-2/h9,18-19,21-25,28H,6-8,10-17H2,1-5H3;1-2H3/t19-,21+,22+,23-,24+,25+,26+,27-;/m1./s1. The maximum Gasteiger partial charge on any atom is 0.0577 e. The molecule has 0 aliphatic heterocycles. The summed E-state index contributed by atoms with van der Waals surface area (Å²) < 4.78 is 4.25. The molecule has 4 aliphatic carbocycles. The summed E-state index contributed by atoms with van der Waals surface area (Å²) in [7, 11) is 3.25. The Bertz CT molecular complexity index is 610. The molecule has 2 nitrogen and oxygen atoms in total.